The van der Waals surface area contributed by atoms with E-state index in [1.54, 1.807) is 0 Å². The molecule has 0 fully saturated rings. The predicted molar refractivity (Wildman–Crippen MR) is 223 cm³/mol. The Kier molecular flexibility index (Phi) is 5.56. The molecule has 1 heteroatoms. The highest BCUT2D eigenvalue weighted by Gasteiger charge is 2.53. The minimum Gasteiger partial charge on any atom is -0.457 e. The van der Waals surface area contributed by atoms with E-state index in [0.29, 0.717) is 0 Å². The Morgan fingerprint density at radius 1 is 0.291 bits per heavy atom. The lowest BCUT2D eigenvalue weighted by Crippen LogP contribution is -2.32. The molecule has 1 nitrogen and oxygen atoms in total. The second kappa shape index (κ2) is 10.4. The zero-order chi connectivity index (χ0) is 35.9. The topological polar surface area (TPSA) is 9.23 Å². The molecule has 254 valence electrons. The Morgan fingerprint density at radius 3 is 1.45 bits per heavy atom. The van der Waals surface area contributed by atoms with Gasteiger partial charge in [0.15, 0.2) is 0 Å². The maximum Gasteiger partial charge on any atom is 0.132 e. The monoisotopic (exact) mass is 696 g/mol. The van der Waals surface area contributed by atoms with Crippen LogP contribution in [0.3, 0.4) is 0 Å². The molecule has 55 heavy (non-hydrogen) atoms. The highest BCUT2D eigenvalue weighted by Crippen LogP contribution is 2.65. The summed E-state index contributed by atoms with van der Waals surface area (Å²) >= 11 is 0. The average Bonchev–Trinajstić information content (AvgIpc) is 3.71. The summed E-state index contributed by atoms with van der Waals surface area (Å²) in [5.74, 6) is 1.83. The van der Waals surface area contributed by atoms with E-state index in [9.17, 15) is 0 Å². The van der Waals surface area contributed by atoms with Gasteiger partial charge in [-0.1, -0.05) is 176 Å². The van der Waals surface area contributed by atoms with Crippen LogP contribution in [0.15, 0.2) is 194 Å². The molecule has 0 aromatic heterocycles. The largest absolute Gasteiger partial charge is 0.457 e. The third-order valence-electron chi connectivity index (χ3n) is 13.2. The zero-order valence-corrected chi connectivity index (χ0v) is 29.9. The molecular weight excluding hydrogens is 665 g/mol. The first-order valence-corrected chi connectivity index (χ1v) is 19.3. The van der Waals surface area contributed by atoms with Crippen LogP contribution in [-0.4, -0.2) is 0 Å². The van der Waals surface area contributed by atoms with E-state index >= 15 is 0 Å². The van der Waals surface area contributed by atoms with Crippen LogP contribution < -0.4 is 4.74 Å². The van der Waals surface area contributed by atoms with Gasteiger partial charge in [0.2, 0.25) is 0 Å². The Hall–Kier alpha value is -6.96. The van der Waals surface area contributed by atoms with Crippen molar-refractivity contribution in [3.63, 3.8) is 0 Å². The van der Waals surface area contributed by atoms with E-state index < -0.39 is 10.8 Å². The van der Waals surface area contributed by atoms with Gasteiger partial charge in [-0.3, -0.25) is 0 Å². The lowest BCUT2D eigenvalue weighted by atomic mass is 9.61. The first-order chi connectivity index (χ1) is 27.3. The van der Waals surface area contributed by atoms with Crippen molar-refractivity contribution in [1.29, 1.82) is 0 Å². The van der Waals surface area contributed by atoms with Gasteiger partial charge in [0.1, 0.15) is 11.5 Å². The minimum atomic E-state index is -0.522. The van der Waals surface area contributed by atoms with E-state index in [0.717, 1.165) is 11.5 Å². The highest BCUT2D eigenvalue weighted by molar-refractivity contribution is 6.08. The van der Waals surface area contributed by atoms with E-state index in [2.05, 4.69) is 194 Å². The Labute approximate surface area is 319 Å². The number of rotatable bonds is 1. The summed E-state index contributed by atoms with van der Waals surface area (Å²) in [5, 5.41) is 2.64. The molecule has 1 atom stereocenters. The summed E-state index contributed by atoms with van der Waals surface area (Å²) in [6, 6.07) is 72.5. The van der Waals surface area contributed by atoms with Crippen molar-refractivity contribution in [2.45, 2.75) is 10.8 Å². The fourth-order valence-electron chi connectivity index (χ4n) is 11.2. The summed E-state index contributed by atoms with van der Waals surface area (Å²) in [6.45, 7) is 0. The third kappa shape index (κ3) is 3.42. The first-order valence-electron chi connectivity index (χ1n) is 19.3. The molecule has 0 bridgehead atoms. The van der Waals surface area contributed by atoms with Crippen LogP contribution >= 0.6 is 0 Å². The van der Waals surface area contributed by atoms with Gasteiger partial charge in [0, 0.05) is 11.1 Å². The number of ether oxygens (including phenoxy) is 1. The number of para-hydroxylation sites is 2. The summed E-state index contributed by atoms with van der Waals surface area (Å²) in [7, 11) is 0. The standard InChI is InChI=1S/C54H32O/c1-4-21-41-36(16-1)38-31-30-34(32-48(38)54(41)44-24-7-9-28-49(44)55-50-29-10-8-25-45(50)54)35-19-13-27-47-52(35)40-18-3-6-23-43(40)53(47)42-22-5-2-17-37(42)39-20-11-14-33-15-12-26-46(53)51(33)39/h1-32H. The van der Waals surface area contributed by atoms with Crippen LogP contribution in [0.2, 0.25) is 0 Å². The second-order valence-corrected chi connectivity index (χ2v) is 15.4. The average molecular weight is 697 g/mol. The molecule has 9 aromatic rings. The summed E-state index contributed by atoms with van der Waals surface area (Å²) in [6.07, 6.45) is 0. The first kappa shape index (κ1) is 29.5. The second-order valence-electron chi connectivity index (χ2n) is 15.4. The van der Waals surface area contributed by atoms with E-state index in [-0.39, 0.29) is 0 Å². The van der Waals surface area contributed by atoms with Crippen LogP contribution in [-0.2, 0) is 10.8 Å². The van der Waals surface area contributed by atoms with Crippen molar-refractivity contribution >= 4 is 10.8 Å². The van der Waals surface area contributed by atoms with E-state index in [4.69, 9.17) is 4.74 Å². The molecule has 9 aromatic carbocycles. The van der Waals surface area contributed by atoms with Crippen LogP contribution in [0.1, 0.15) is 44.5 Å². The molecule has 0 saturated heterocycles. The number of benzene rings is 9. The van der Waals surface area contributed by atoms with Gasteiger partial charge in [0.25, 0.3) is 0 Å². The number of fused-ring (bicyclic) bond motifs is 18. The quantitative estimate of drug-likeness (QED) is 0.166. The maximum absolute atomic E-state index is 6.65. The molecule has 0 saturated carbocycles. The molecule has 2 spiro atoms. The van der Waals surface area contributed by atoms with Crippen molar-refractivity contribution in [3.8, 4) is 56.0 Å². The highest BCUT2D eigenvalue weighted by atomic mass is 16.5. The predicted octanol–water partition coefficient (Wildman–Crippen LogP) is 13.3. The van der Waals surface area contributed by atoms with Crippen molar-refractivity contribution < 1.29 is 4.74 Å². The molecule has 13 rings (SSSR count). The molecule has 0 amide bonds. The molecule has 4 aliphatic rings. The van der Waals surface area contributed by atoms with Gasteiger partial charge in [-0.2, -0.15) is 0 Å². The normalized spacial score (nSPS) is 16.7. The van der Waals surface area contributed by atoms with Gasteiger partial charge < -0.3 is 4.74 Å². The fourth-order valence-corrected chi connectivity index (χ4v) is 11.2. The Balaban J connectivity index is 1.13. The summed E-state index contributed by atoms with van der Waals surface area (Å²) < 4.78 is 6.65. The maximum atomic E-state index is 6.65. The molecule has 1 heterocycles. The van der Waals surface area contributed by atoms with Crippen LogP contribution in [0.4, 0.5) is 0 Å². The fraction of sp³-hybridized carbons (Fsp3) is 0.0370. The molecular formula is C54H32O. The van der Waals surface area contributed by atoms with Gasteiger partial charge >= 0.3 is 0 Å². The third-order valence-corrected chi connectivity index (χ3v) is 13.2. The van der Waals surface area contributed by atoms with Crippen molar-refractivity contribution in [3.05, 3.63) is 239 Å². The van der Waals surface area contributed by atoms with Crippen molar-refractivity contribution in [1.82, 2.24) is 0 Å². The molecule has 1 aliphatic heterocycles. The zero-order valence-electron chi connectivity index (χ0n) is 29.9. The smallest absolute Gasteiger partial charge is 0.132 e. The van der Waals surface area contributed by atoms with Crippen molar-refractivity contribution in [2.24, 2.45) is 0 Å². The minimum absolute atomic E-state index is 0.459. The van der Waals surface area contributed by atoms with Gasteiger partial charge in [-0.15, -0.1) is 0 Å². The van der Waals surface area contributed by atoms with Gasteiger partial charge in [0.05, 0.1) is 10.8 Å². The Bertz CT molecular complexity index is 3100. The number of hydrogen-bond donors (Lipinski definition) is 0. The van der Waals surface area contributed by atoms with Crippen LogP contribution in [0, 0.1) is 0 Å². The lowest BCUT2D eigenvalue weighted by Gasteiger charge is -2.40. The van der Waals surface area contributed by atoms with Crippen molar-refractivity contribution in [2.75, 3.05) is 0 Å². The van der Waals surface area contributed by atoms with E-state index in [1.807, 2.05) is 0 Å². The molecule has 1 unspecified atom stereocenters. The van der Waals surface area contributed by atoms with Crippen LogP contribution in [0.25, 0.3) is 55.3 Å². The lowest BCUT2D eigenvalue weighted by molar-refractivity contribution is 0.436. The molecule has 0 N–H and O–H groups in total. The SMILES string of the molecule is c1ccc2c(c1)Oc1ccccc1C21c2ccccc2-c2ccc(-c3cccc4c3-c3ccccc3C43c4ccccc4-c4cccc5cccc3c45)cc21. The van der Waals surface area contributed by atoms with E-state index in [1.165, 1.54) is 99.8 Å². The summed E-state index contributed by atoms with van der Waals surface area (Å²) in [5.41, 5.74) is 19.7. The molecule has 3 aliphatic carbocycles. The van der Waals surface area contributed by atoms with Gasteiger partial charge in [-0.25, -0.2) is 0 Å². The Morgan fingerprint density at radius 2 is 0.745 bits per heavy atom. The summed E-state index contributed by atoms with van der Waals surface area (Å²) in [4.78, 5) is 0. The number of hydrogen-bond acceptors (Lipinski definition) is 1. The van der Waals surface area contributed by atoms with Crippen LogP contribution in [0.5, 0.6) is 11.5 Å². The van der Waals surface area contributed by atoms with Gasteiger partial charge in [-0.05, 0) is 107 Å². The molecule has 0 radical (unpaired) electrons.